The first kappa shape index (κ1) is 24.6. The highest BCUT2D eigenvalue weighted by Crippen LogP contribution is 2.31. The van der Waals surface area contributed by atoms with Gasteiger partial charge in [0, 0.05) is 11.4 Å². The Balaban J connectivity index is 1.90. The Labute approximate surface area is 213 Å². The van der Waals surface area contributed by atoms with E-state index in [4.69, 9.17) is 9.47 Å². The average molecular weight is 553 g/mol. The van der Waals surface area contributed by atoms with Crippen molar-refractivity contribution < 1.29 is 19.1 Å². The third-order valence-corrected chi connectivity index (χ3v) is 6.65. The Morgan fingerprint density at radius 1 is 1.23 bits per heavy atom. The molecule has 1 atom stereocenters. The Hall–Kier alpha value is -3.56. The Bertz CT molecular complexity index is 1530. The lowest BCUT2D eigenvalue weighted by molar-refractivity contribution is -0.138. The van der Waals surface area contributed by atoms with Gasteiger partial charge in [-0.1, -0.05) is 64.2 Å². The molecule has 0 fully saturated rings. The summed E-state index contributed by atoms with van der Waals surface area (Å²) in [5.41, 5.74) is 1.95. The van der Waals surface area contributed by atoms with Gasteiger partial charge in [0.2, 0.25) is 0 Å². The third-order valence-electron chi connectivity index (χ3n) is 5.18. The van der Waals surface area contributed by atoms with E-state index in [1.807, 2.05) is 24.3 Å². The highest BCUT2D eigenvalue weighted by molar-refractivity contribution is 9.10. The first-order valence-electron chi connectivity index (χ1n) is 10.6. The molecule has 2 aromatic carbocycles. The molecule has 1 aliphatic rings. The molecule has 2 heterocycles. The Morgan fingerprint density at radius 2 is 1.97 bits per heavy atom. The number of nitrogens with zero attached hydrogens (tertiary/aromatic N) is 2. The monoisotopic (exact) mass is 552 g/mol. The van der Waals surface area contributed by atoms with Crippen LogP contribution in [-0.2, 0) is 14.3 Å². The van der Waals surface area contributed by atoms with Crippen molar-refractivity contribution in [2.75, 3.05) is 6.61 Å². The van der Waals surface area contributed by atoms with Crippen molar-refractivity contribution in [3.63, 3.8) is 0 Å². The fourth-order valence-electron chi connectivity index (χ4n) is 3.74. The van der Waals surface area contributed by atoms with Gasteiger partial charge in [-0.15, -0.1) is 0 Å². The molecule has 0 aliphatic carbocycles. The van der Waals surface area contributed by atoms with Gasteiger partial charge in [0.05, 0.1) is 21.8 Å². The SMILES string of the molecule is C=CCOC(=O)C1=C(C)N=c2s/c(=C/c3cccc(Br)c3)c(=O)n2[C@@H]1c1ccc(OC(C)=O)cc1. The minimum Gasteiger partial charge on any atom is -0.458 e. The van der Waals surface area contributed by atoms with Gasteiger partial charge in [-0.3, -0.25) is 14.2 Å². The lowest BCUT2D eigenvalue weighted by Crippen LogP contribution is -2.39. The van der Waals surface area contributed by atoms with Gasteiger partial charge < -0.3 is 9.47 Å². The predicted molar refractivity (Wildman–Crippen MR) is 137 cm³/mol. The molecule has 0 saturated carbocycles. The van der Waals surface area contributed by atoms with Crippen LogP contribution >= 0.6 is 27.3 Å². The second-order valence-electron chi connectivity index (χ2n) is 7.69. The zero-order valence-corrected chi connectivity index (χ0v) is 21.4. The number of hydrogen-bond acceptors (Lipinski definition) is 7. The highest BCUT2D eigenvalue weighted by atomic mass is 79.9. The Morgan fingerprint density at radius 3 is 2.63 bits per heavy atom. The quantitative estimate of drug-likeness (QED) is 0.264. The number of rotatable bonds is 6. The second-order valence-corrected chi connectivity index (χ2v) is 9.61. The maximum absolute atomic E-state index is 13.6. The van der Waals surface area contributed by atoms with Crippen molar-refractivity contribution in [2.24, 2.45) is 4.99 Å². The number of halogens is 1. The van der Waals surface area contributed by atoms with Gasteiger partial charge >= 0.3 is 11.9 Å². The molecule has 4 rings (SSSR count). The number of thiazole rings is 1. The van der Waals surface area contributed by atoms with Crippen LogP contribution in [0.15, 0.2) is 86.7 Å². The van der Waals surface area contributed by atoms with Gasteiger partial charge in [0.25, 0.3) is 5.56 Å². The number of esters is 2. The summed E-state index contributed by atoms with van der Waals surface area (Å²) in [4.78, 5) is 43.0. The van der Waals surface area contributed by atoms with Crippen molar-refractivity contribution in [3.05, 3.63) is 108 Å². The summed E-state index contributed by atoms with van der Waals surface area (Å²) in [6.45, 7) is 6.65. The molecule has 1 aliphatic heterocycles. The zero-order chi connectivity index (χ0) is 25.1. The van der Waals surface area contributed by atoms with Gasteiger partial charge in [-0.2, -0.15) is 0 Å². The van der Waals surface area contributed by atoms with Crippen molar-refractivity contribution in [1.82, 2.24) is 4.57 Å². The number of allylic oxidation sites excluding steroid dienone is 1. The topological polar surface area (TPSA) is 87.0 Å². The minimum absolute atomic E-state index is 0.0288. The fraction of sp³-hybridized carbons (Fsp3) is 0.154. The first-order chi connectivity index (χ1) is 16.8. The molecule has 0 radical (unpaired) electrons. The van der Waals surface area contributed by atoms with Crippen LogP contribution < -0.4 is 19.6 Å². The summed E-state index contributed by atoms with van der Waals surface area (Å²) in [5.74, 6) is -0.663. The number of fused-ring (bicyclic) bond motifs is 1. The number of benzene rings is 2. The molecule has 0 amide bonds. The summed E-state index contributed by atoms with van der Waals surface area (Å²) < 4.78 is 13.3. The second kappa shape index (κ2) is 10.4. The maximum atomic E-state index is 13.6. The van der Waals surface area contributed by atoms with Crippen molar-refractivity contribution in [3.8, 4) is 5.75 Å². The standard InChI is InChI=1S/C26H21BrN2O5S/c1-4-12-33-25(32)22-15(2)28-26-29(23(22)18-8-10-20(11-9-18)34-16(3)30)24(31)21(35-26)14-17-6-5-7-19(27)13-17/h4-11,13-14,23H,1,12H2,2-3H3/b21-14+/t23-/m1/s1. The number of aromatic nitrogens is 1. The summed E-state index contributed by atoms with van der Waals surface area (Å²) in [7, 11) is 0. The highest BCUT2D eigenvalue weighted by Gasteiger charge is 2.33. The molecule has 35 heavy (non-hydrogen) atoms. The molecule has 0 unspecified atom stereocenters. The van der Waals surface area contributed by atoms with E-state index < -0.39 is 18.0 Å². The smallest absolute Gasteiger partial charge is 0.338 e. The zero-order valence-electron chi connectivity index (χ0n) is 19.0. The predicted octanol–water partition coefficient (Wildman–Crippen LogP) is 3.65. The van der Waals surface area contributed by atoms with E-state index in [2.05, 4.69) is 27.5 Å². The molecular formula is C26H21BrN2O5S. The molecule has 9 heteroatoms. The van der Waals surface area contributed by atoms with Crippen molar-refractivity contribution >= 4 is 45.3 Å². The van der Waals surface area contributed by atoms with Crippen LogP contribution in [-0.4, -0.2) is 23.1 Å². The number of carbonyl (C=O) groups is 2. The first-order valence-corrected chi connectivity index (χ1v) is 12.2. The van der Waals surface area contributed by atoms with Crippen molar-refractivity contribution in [1.29, 1.82) is 0 Å². The molecule has 0 saturated heterocycles. The normalized spacial score (nSPS) is 15.3. The summed E-state index contributed by atoms with van der Waals surface area (Å²) >= 11 is 4.70. The van der Waals surface area contributed by atoms with E-state index in [1.54, 1.807) is 37.3 Å². The van der Waals surface area contributed by atoms with Crippen molar-refractivity contribution in [2.45, 2.75) is 19.9 Å². The molecule has 0 N–H and O–H groups in total. The van der Waals surface area contributed by atoms with Crippen LogP contribution in [0.4, 0.5) is 0 Å². The number of hydrogen-bond donors (Lipinski definition) is 0. The molecule has 178 valence electrons. The third kappa shape index (κ3) is 5.26. The maximum Gasteiger partial charge on any atom is 0.338 e. The summed E-state index contributed by atoms with van der Waals surface area (Å²) in [6.07, 6.45) is 3.27. The van der Waals surface area contributed by atoms with E-state index in [-0.39, 0.29) is 17.7 Å². The van der Waals surface area contributed by atoms with Gasteiger partial charge in [-0.05, 0) is 48.4 Å². The van der Waals surface area contributed by atoms with Gasteiger partial charge in [-0.25, -0.2) is 9.79 Å². The largest absolute Gasteiger partial charge is 0.458 e. The number of carbonyl (C=O) groups excluding carboxylic acids is 2. The molecule has 0 spiro atoms. The van der Waals surface area contributed by atoms with Crippen LogP contribution in [0, 0.1) is 0 Å². The lowest BCUT2D eigenvalue weighted by Gasteiger charge is -2.24. The van der Waals surface area contributed by atoms with Crippen LogP contribution in [0.2, 0.25) is 0 Å². The van der Waals surface area contributed by atoms with E-state index in [0.29, 0.717) is 26.3 Å². The molecule has 1 aromatic heterocycles. The van der Waals surface area contributed by atoms with Gasteiger partial charge in [0.1, 0.15) is 12.4 Å². The van der Waals surface area contributed by atoms with E-state index in [1.165, 1.54) is 28.9 Å². The van der Waals surface area contributed by atoms with E-state index in [9.17, 15) is 14.4 Å². The van der Waals surface area contributed by atoms with E-state index in [0.717, 1.165) is 10.0 Å². The lowest BCUT2D eigenvalue weighted by atomic mass is 9.96. The van der Waals surface area contributed by atoms with Crippen LogP contribution in [0.25, 0.3) is 6.08 Å². The molecule has 7 nitrogen and oxygen atoms in total. The fourth-order valence-corrected chi connectivity index (χ4v) is 5.21. The molecule has 3 aromatic rings. The molecular weight excluding hydrogens is 532 g/mol. The van der Waals surface area contributed by atoms with Crippen LogP contribution in [0.3, 0.4) is 0 Å². The Kier molecular flexibility index (Phi) is 7.28. The van der Waals surface area contributed by atoms with E-state index >= 15 is 0 Å². The summed E-state index contributed by atoms with van der Waals surface area (Å²) in [5, 5.41) is 0. The summed E-state index contributed by atoms with van der Waals surface area (Å²) in [6, 6.07) is 13.5. The number of ether oxygens (including phenoxy) is 2. The van der Waals surface area contributed by atoms with Crippen LogP contribution in [0.5, 0.6) is 5.75 Å². The van der Waals surface area contributed by atoms with Crippen LogP contribution in [0.1, 0.15) is 31.0 Å². The average Bonchev–Trinajstić information content (AvgIpc) is 3.11. The molecule has 0 bridgehead atoms. The minimum atomic E-state index is -0.764. The van der Waals surface area contributed by atoms with Gasteiger partial charge in [0.15, 0.2) is 4.80 Å².